The summed E-state index contributed by atoms with van der Waals surface area (Å²) in [6.45, 7) is 2.92. The maximum atomic E-state index is 12.5. The number of amides is 2. The highest BCUT2D eigenvalue weighted by Gasteiger charge is 2.56. The average Bonchev–Trinajstić information content (AvgIpc) is 3.41. The number of hydrogen-bond donors (Lipinski definition) is 2. The Kier molecular flexibility index (Phi) is 4.65. The minimum absolute atomic E-state index is 0.170. The number of aryl methyl sites for hydroxylation is 1. The number of nitrogens with one attached hydrogen (secondary N) is 2. The van der Waals surface area contributed by atoms with Crippen LogP contribution in [0.1, 0.15) is 29.5 Å². The highest BCUT2D eigenvalue weighted by molar-refractivity contribution is 6.07. The molecule has 2 aromatic carbocycles. The fourth-order valence-corrected chi connectivity index (χ4v) is 2.78. The van der Waals surface area contributed by atoms with Gasteiger partial charge in [-0.15, -0.1) is 0 Å². The summed E-state index contributed by atoms with van der Waals surface area (Å²) in [5.41, 5.74) is 2.36. The van der Waals surface area contributed by atoms with E-state index in [0.717, 1.165) is 16.7 Å². The fourth-order valence-electron chi connectivity index (χ4n) is 2.78. The molecule has 2 aromatic rings. The van der Waals surface area contributed by atoms with E-state index in [1.54, 1.807) is 0 Å². The second kappa shape index (κ2) is 6.87. The lowest BCUT2D eigenvalue weighted by Gasteiger charge is -2.16. The van der Waals surface area contributed by atoms with E-state index in [0.29, 0.717) is 25.9 Å². The van der Waals surface area contributed by atoms with E-state index in [-0.39, 0.29) is 11.8 Å². The third-order valence-electron chi connectivity index (χ3n) is 4.62. The highest BCUT2D eigenvalue weighted by Crippen LogP contribution is 2.46. The van der Waals surface area contributed by atoms with E-state index >= 15 is 0 Å². The van der Waals surface area contributed by atoms with Crippen molar-refractivity contribution in [1.29, 1.82) is 0 Å². The van der Waals surface area contributed by atoms with Crippen LogP contribution >= 0.6 is 0 Å². The molecule has 24 heavy (non-hydrogen) atoms. The molecule has 1 saturated carbocycles. The van der Waals surface area contributed by atoms with Crippen LogP contribution in [0.2, 0.25) is 0 Å². The molecule has 124 valence electrons. The summed E-state index contributed by atoms with van der Waals surface area (Å²) in [5, 5.41) is 5.81. The lowest BCUT2D eigenvalue weighted by atomic mass is 10.0. The van der Waals surface area contributed by atoms with Crippen LogP contribution in [-0.4, -0.2) is 11.8 Å². The van der Waals surface area contributed by atoms with Gasteiger partial charge in [-0.1, -0.05) is 54.6 Å². The summed E-state index contributed by atoms with van der Waals surface area (Å²) in [6, 6.07) is 17.6. The van der Waals surface area contributed by atoms with E-state index < -0.39 is 5.41 Å². The monoisotopic (exact) mass is 322 g/mol. The Morgan fingerprint density at radius 2 is 1.46 bits per heavy atom. The van der Waals surface area contributed by atoms with Gasteiger partial charge in [-0.2, -0.15) is 0 Å². The third-order valence-corrected chi connectivity index (χ3v) is 4.62. The van der Waals surface area contributed by atoms with Crippen molar-refractivity contribution >= 4 is 11.8 Å². The SMILES string of the molecule is Cc1ccccc1CNC(=O)C1(C(=O)NCc2ccccc2)CC1. The molecule has 1 fully saturated rings. The molecule has 0 aromatic heterocycles. The van der Waals surface area contributed by atoms with E-state index in [4.69, 9.17) is 0 Å². The van der Waals surface area contributed by atoms with Crippen LogP contribution in [-0.2, 0) is 22.7 Å². The zero-order valence-corrected chi connectivity index (χ0v) is 13.8. The molecule has 2 amide bonds. The smallest absolute Gasteiger partial charge is 0.235 e. The van der Waals surface area contributed by atoms with Gasteiger partial charge in [0.1, 0.15) is 5.41 Å². The lowest BCUT2D eigenvalue weighted by molar-refractivity contribution is -0.137. The van der Waals surface area contributed by atoms with Crippen molar-refractivity contribution in [3.63, 3.8) is 0 Å². The molecular formula is C20H22N2O2. The van der Waals surface area contributed by atoms with Crippen LogP contribution in [0.4, 0.5) is 0 Å². The maximum Gasteiger partial charge on any atom is 0.235 e. The Hall–Kier alpha value is -2.62. The van der Waals surface area contributed by atoms with Gasteiger partial charge < -0.3 is 10.6 Å². The van der Waals surface area contributed by atoms with Crippen molar-refractivity contribution in [2.24, 2.45) is 5.41 Å². The van der Waals surface area contributed by atoms with Crippen molar-refractivity contribution in [3.05, 3.63) is 71.3 Å². The number of carbonyl (C=O) groups excluding carboxylic acids is 2. The van der Waals surface area contributed by atoms with Gasteiger partial charge >= 0.3 is 0 Å². The molecule has 4 heteroatoms. The summed E-state index contributed by atoms with van der Waals surface area (Å²) >= 11 is 0. The van der Waals surface area contributed by atoms with Crippen LogP contribution in [0.25, 0.3) is 0 Å². The maximum absolute atomic E-state index is 12.5. The summed E-state index contributed by atoms with van der Waals surface area (Å²) in [6.07, 6.45) is 1.24. The zero-order valence-electron chi connectivity index (χ0n) is 13.8. The molecule has 1 aliphatic carbocycles. The second-order valence-electron chi connectivity index (χ2n) is 6.36. The molecule has 0 saturated heterocycles. The molecule has 4 nitrogen and oxygen atoms in total. The molecule has 0 radical (unpaired) electrons. The minimum Gasteiger partial charge on any atom is -0.351 e. The third kappa shape index (κ3) is 3.48. The molecule has 2 N–H and O–H groups in total. The first-order valence-electron chi connectivity index (χ1n) is 8.27. The predicted molar refractivity (Wildman–Crippen MR) is 93.0 cm³/mol. The van der Waals surface area contributed by atoms with Crippen LogP contribution in [0.5, 0.6) is 0 Å². The Balaban J connectivity index is 1.56. The van der Waals surface area contributed by atoms with Gasteiger partial charge in [-0.05, 0) is 36.5 Å². The number of carbonyl (C=O) groups is 2. The van der Waals surface area contributed by atoms with E-state index in [1.807, 2.05) is 61.5 Å². The standard InChI is InChI=1S/C20H22N2O2/c1-15-7-5-6-10-17(15)14-22-19(24)20(11-12-20)18(23)21-13-16-8-3-2-4-9-16/h2-10H,11-14H2,1H3,(H,21,23)(H,22,24). The first kappa shape index (κ1) is 16.2. The predicted octanol–water partition coefficient (Wildman–Crippen LogP) is 2.71. The topological polar surface area (TPSA) is 58.2 Å². The van der Waals surface area contributed by atoms with Crippen LogP contribution in [0, 0.1) is 12.3 Å². The largest absolute Gasteiger partial charge is 0.351 e. The molecule has 0 bridgehead atoms. The van der Waals surface area contributed by atoms with Crippen molar-refractivity contribution < 1.29 is 9.59 Å². The second-order valence-corrected chi connectivity index (χ2v) is 6.36. The molecule has 1 aliphatic rings. The molecule has 0 aliphatic heterocycles. The highest BCUT2D eigenvalue weighted by atomic mass is 16.2. The van der Waals surface area contributed by atoms with Crippen molar-refractivity contribution in [2.75, 3.05) is 0 Å². The lowest BCUT2D eigenvalue weighted by Crippen LogP contribution is -2.42. The fraction of sp³-hybridized carbons (Fsp3) is 0.300. The summed E-state index contributed by atoms with van der Waals surface area (Å²) < 4.78 is 0. The van der Waals surface area contributed by atoms with Crippen LogP contribution in [0.3, 0.4) is 0 Å². The molecular weight excluding hydrogens is 300 g/mol. The van der Waals surface area contributed by atoms with Crippen molar-refractivity contribution in [1.82, 2.24) is 10.6 Å². The summed E-state index contributed by atoms with van der Waals surface area (Å²) in [7, 11) is 0. The first-order chi connectivity index (χ1) is 11.6. The Labute approximate surface area is 142 Å². The summed E-state index contributed by atoms with van der Waals surface area (Å²) in [4.78, 5) is 24.9. The van der Waals surface area contributed by atoms with Gasteiger partial charge in [0.15, 0.2) is 0 Å². The quantitative estimate of drug-likeness (QED) is 0.804. The van der Waals surface area contributed by atoms with Crippen LogP contribution in [0.15, 0.2) is 54.6 Å². The molecule has 0 unspecified atom stereocenters. The van der Waals surface area contributed by atoms with E-state index in [1.165, 1.54) is 0 Å². The van der Waals surface area contributed by atoms with E-state index in [2.05, 4.69) is 10.6 Å². The average molecular weight is 322 g/mol. The molecule has 0 atom stereocenters. The Bertz CT molecular complexity index is 736. The van der Waals surface area contributed by atoms with Gasteiger partial charge in [0, 0.05) is 13.1 Å². The Morgan fingerprint density at radius 3 is 2.08 bits per heavy atom. The van der Waals surface area contributed by atoms with Crippen LogP contribution < -0.4 is 10.6 Å². The molecule has 0 spiro atoms. The van der Waals surface area contributed by atoms with Gasteiger partial charge in [0.05, 0.1) is 0 Å². The number of rotatable bonds is 6. The Morgan fingerprint density at radius 1 is 0.875 bits per heavy atom. The van der Waals surface area contributed by atoms with Gasteiger partial charge in [-0.3, -0.25) is 9.59 Å². The number of benzene rings is 2. The van der Waals surface area contributed by atoms with Crippen molar-refractivity contribution in [2.45, 2.75) is 32.9 Å². The zero-order chi connectivity index (χ0) is 17.0. The first-order valence-corrected chi connectivity index (χ1v) is 8.27. The van der Waals surface area contributed by atoms with Gasteiger partial charge in [0.2, 0.25) is 11.8 Å². The summed E-state index contributed by atoms with van der Waals surface area (Å²) in [5.74, 6) is -0.343. The minimum atomic E-state index is -0.878. The van der Waals surface area contributed by atoms with Gasteiger partial charge in [-0.25, -0.2) is 0 Å². The van der Waals surface area contributed by atoms with E-state index in [9.17, 15) is 9.59 Å². The molecule has 0 heterocycles. The number of hydrogen-bond acceptors (Lipinski definition) is 2. The van der Waals surface area contributed by atoms with Gasteiger partial charge in [0.25, 0.3) is 0 Å². The van der Waals surface area contributed by atoms with Crippen molar-refractivity contribution in [3.8, 4) is 0 Å². The normalized spacial score (nSPS) is 14.7. The molecule has 3 rings (SSSR count).